The predicted molar refractivity (Wildman–Crippen MR) is 66.0 cm³/mol. The standard InChI is InChI=1S/C15H23.3ClH.Ti/c1-4-11-12(5-2)14-9-7-8-10-15(14)13(11)6-3;;;;/h9,13H,4-8,10H2,1-3H3;3*1H;/q;;;;+3/p-3. The van der Waals surface area contributed by atoms with Crippen LogP contribution in [-0.2, 0) is 20.4 Å². The van der Waals surface area contributed by atoms with Gasteiger partial charge in [0.05, 0.1) is 0 Å². The second-order valence-corrected chi connectivity index (χ2v) is 6.14. The molecule has 0 saturated carbocycles. The zero-order valence-corrected chi connectivity index (χ0v) is 15.9. The van der Waals surface area contributed by atoms with Crippen molar-refractivity contribution in [2.45, 2.75) is 63.5 Å². The first-order valence-electron chi connectivity index (χ1n) is 6.90. The van der Waals surface area contributed by atoms with Gasteiger partial charge in [0.15, 0.2) is 0 Å². The molecule has 2 aliphatic carbocycles. The molecule has 0 spiro atoms. The summed E-state index contributed by atoms with van der Waals surface area (Å²) in [4.78, 5) is 0. The number of rotatable bonds is 3. The fraction of sp³-hybridized carbons (Fsp3) is 0.733. The quantitative estimate of drug-likeness (QED) is 0.452. The van der Waals surface area contributed by atoms with Crippen LogP contribution in [0, 0.1) is 5.92 Å². The van der Waals surface area contributed by atoms with Crippen LogP contribution in [0.3, 0.4) is 0 Å². The van der Waals surface area contributed by atoms with Crippen LogP contribution in [0.5, 0.6) is 0 Å². The van der Waals surface area contributed by atoms with Crippen molar-refractivity contribution in [3.8, 4) is 0 Å². The molecule has 2 aliphatic rings. The Morgan fingerprint density at radius 1 is 1.05 bits per heavy atom. The van der Waals surface area contributed by atoms with Gasteiger partial charge < -0.3 is 37.2 Å². The zero-order valence-electron chi connectivity index (χ0n) is 12.0. The second kappa shape index (κ2) is 9.90. The summed E-state index contributed by atoms with van der Waals surface area (Å²) < 4.78 is 0.830. The Hall–Kier alpha value is 1.06. The van der Waals surface area contributed by atoms with E-state index >= 15 is 0 Å². The number of halogens is 3. The molecule has 2 rings (SSSR count). The normalized spacial score (nSPS) is 25.3. The fourth-order valence-corrected chi connectivity index (χ4v) is 4.61. The van der Waals surface area contributed by atoms with Gasteiger partial charge in [0, 0.05) is 0 Å². The van der Waals surface area contributed by atoms with E-state index in [1.165, 1.54) is 38.5 Å². The van der Waals surface area contributed by atoms with E-state index in [1.54, 1.807) is 16.7 Å². The molecular weight excluding hydrogens is 334 g/mol. The SMILES string of the molecule is CCC1=C(CC)C(CC)C2=C1[CH]([Ti+3])CCC2.[Cl-].[Cl-].[Cl-]. The maximum absolute atomic E-state index is 2.44. The Morgan fingerprint density at radius 2 is 1.68 bits per heavy atom. The van der Waals surface area contributed by atoms with E-state index in [0.29, 0.717) is 0 Å². The monoisotopic (exact) mass is 356 g/mol. The molecule has 19 heavy (non-hydrogen) atoms. The molecule has 2 atom stereocenters. The van der Waals surface area contributed by atoms with E-state index in [-0.39, 0.29) is 37.2 Å². The van der Waals surface area contributed by atoms with Crippen molar-refractivity contribution in [2.75, 3.05) is 0 Å². The van der Waals surface area contributed by atoms with Crippen LogP contribution >= 0.6 is 0 Å². The maximum Gasteiger partial charge on any atom is -1.00 e. The molecular formula is C15H23Cl3Ti. The first-order valence-corrected chi connectivity index (χ1v) is 7.80. The first-order chi connectivity index (χ1) is 7.74. The van der Waals surface area contributed by atoms with Gasteiger partial charge in [-0.3, -0.25) is 0 Å². The molecule has 0 aromatic carbocycles. The van der Waals surface area contributed by atoms with Crippen molar-refractivity contribution >= 4 is 0 Å². The topological polar surface area (TPSA) is 0 Å². The number of hydrogen-bond acceptors (Lipinski definition) is 0. The molecule has 0 aromatic rings. The summed E-state index contributed by atoms with van der Waals surface area (Å²) in [5, 5.41) is 0. The van der Waals surface area contributed by atoms with E-state index in [1.807, 2.05) is 5.57 Å². The third-order valence-electron chi connectivity index (χ3n) is 4.33. The van der Waals surface area contributed by atoms with Crippen molar-refractivity contribution in [2.24, 2.45) is 5.92 Å². The first kappa shape index (κ1) is 22.3. The fourth-order valence-electron chi connectivity index (χ4n) is 3.73. The van der Waals surface area contributed by atoms with Gasteiger partial charge in [-0.15, -0.1) is 0 Å². The van der Waals surface area contributed by atoms with Crippen LogP contribution in [-0.4, -0.2) is 0 Å². The third kappa shape index (κ3) is 4.04. The van der Waals surface area contributed by atoms with Crippen LogP contribution in [0.4, 0.5) is 0 Å². The van der Waals surface area contributed by atoms with E-state index in [2.05, 4.69) is 41.2 Å². The molecule has 0 nitrogen and oxygen atoms in total. The van der Waals surface area contributed by atoms with Crippen molar-refractivity contribution in [1.82, 2.24) is 0 Å². The van der Waals surface area contributed by atoms with Crippen LogP contribution in [0.25, 0.3) is 0 Å². The molecule has 0 heterocycles. The Balaban J connectivity index is 0. The summed E-state index contributed by atoms with van der Waals surface area (Å²) in [6, 6.07) is 0. The smallest absolute Gasteiger partial charge is 1.00 e. The largest absolute Gasteiger partial charge is 1.00 e. The molecule has 0 aromatic heterocycles. The van der Waals surface area contributed by atoms with Gasteiger partial charge in [0.1, 0.15) is 0 Å². The van der Waals surface area contributed by atoms with Crippen molar-refractivity contribution < 1.29 is 57.7 Å². The van der Waals surface area contributed by atoms with Gasteiger partial charge in [-0.25, -0.2) is 0 Å². The summed E-state index contributed by atoms with van der Waals surface area (Å²) in [6.45, 7) is 7.05. The van der Waals surface area contributed by atoms with Gasteiger partial charge >= 0.3 is 112 Å². The average molecular weight is 358 g/mol. The van der Waals surface area contributed by atoms with Crippen LogP contribution in [0.2, 0.25) is 4.22 Å². The molecule has 4 heteroatoms. The van der Waals surface area contributed by atoms with Crippen LogP contribution in [0.15, 0.2) is 22.3 Å². The van der Waals surface area contributed by atoms with Crippen LogP contribution in [0.1, 0.15) is 59.3 Å². The maximum atomic E-state index is 2.44. The summed E-state index contributed by atoms with van der Waals surface area (Å²) in [7, 11) is 0. The molecule has 2 unspecified atom stereocenters. The van der Waals surface area contributed by atoms with Crippen molar-refractivity contribution in [1.29, 1.82) is 0 Å². The Kier molecular flexibility index (Phi) is 11.6. The molecule has 0 amide bonds. The Labute approximate surface area is 148 Å². The van der Waals surface area contributed by atoms with Gasteiger partial charge in [-0.1, -0.05) is 0 Å². The second-order valence-electron chi connectivity index (χ2n) is 5.06. The van der Waals surface area contributed by atoms with E-state index in [0.717, 1.165) is 10.1 Å². The Morgan fingerprint density at radius 3 is 2.16 bits per heavy atom. The molecule has 0 bridgehead atoms. The van der Waals surface area contributed by atoms with Crippen LogP contribution < -0.4 is 37.2 Å². The van der Waals surface area contributed by atoms with Crippen molar-refractivity contribution in [3.05, 3.63) is 22.3 Å². The van der Waals surface area contributed by atoms with Gasteiger partial charge in [0.25, 0.3) is 0 Å². The van der Waals surface area contributed by atoms with E-state index in [9.17, 15) is 0 Å². The molecule has 0 fully saturated rings. The minimum absolute atomic E-state index is 0. The number of hydrogen-bond donors (Lipinski definition) is 0. The summed E-state index contributed by atoms with van der Waals surface area (Å²) in [5.41, 5.74) is 7.15. The minimum atomic E-state index is 0. The average Bonchev–Trinajstić information content (AvgIpc) is 2.62. The zero-order chi connectivity index (χ0) is 11.7. The van der Waals surface area contributed by atoms with Gasteiger partial charge in [-0.05, 0) is 0 Å². The van der Waals surface area contributed by atoms with E-state index < -0.39 is 0 Å². The summed E-state index contributed by atoms with van der Waals surface area (Å²) in [5.74, 6) is 0.817. The molecule has 0 aliphatic heterocycles. The molecule has 0 saturated heterocycles. The van der Waals surface area contributed by atoms with Gasteiger partial charge in [-0.2, -0.15) is 0 Å². The van der Waals surface area contributed by atoms with E-state index in [4.69, 9.17) is 0 Å². The minimum Gasteiger partial charge on any atom is -1.00 e. The van der Waals surface area contributed by atoms with Gasteiger partial charge in [0.2, 0.25) is 0 Å². The summed E-state index contributed by atoms with van der Waals surface area (Å²) in [6.07, 6.45) is 8.05. The summed E-state index contributed by atoms with van der Waals surface area (Å²) >= 11 is 2.44. The molecule has 0 N–H and O–H groups in total. The predicted octanol–water partition coefficient (Wildman–Crippen LogP) is -4.03. The number of allylic oxidation sites excluding steroid dienone is 4. The third-order valence-corrected chi connectivity index (χ3v) is 5.23. The molecule has 108 valence electrons. The molecule has 0 radical (unpaired) electrons. The Bertz CT molecular complexity index is 347. The van der Waals surface area contributed by atoms with Crippen molar-refractivity contribution in [3.63, 3.8) is 0 Å².